The van der Waals surface area contributed by atoms with Gasteiger partial charge in [-0.1, -0.05) is 0 Å². The molecule has 0 aromatic carbocycles. The Morgan fingerprint density at radius 2 is 2.00 bits per heavy atom. The summed E-state index contributed by atoms with van der Waals surface area (Å²) in [6.07, 6.45) is -1.62. The van der Waals surface area contributed by atoms with E-state index in [0.29, 0.717) is 0 Å². The van der Waals surface area contributed by atoms with Gasteiger partial charge in [0.25, 0.3) is 0 Å². The molecule has 0 heterocycles. The summed E-state index contributed by atoms with van der Waals surface area (Å²) in [4.78, 5) is 0. The monoisotopic (exact) mass is 75.0 g/mol. The predicted molar refractivity (Wildman–Crippen MR) is 14.0 cm³/mol. The molecule has 1 aliphatic rings. The van der Waals surface area contributed by atoms with Crippen molar-refractivity contribution < 1.29 is 9.50 Å². The Balaban J connectivity index is 2.20. The van der Waals surface area contributed by atoms with Crippen molar-refractivity contribution in [2.45, 2.75) is 18.7 Å². The van der Waals surface area contributed by atoms with Gasteiger partial charge in [0.15, 0.2) is 0 Å². The molecule has 0 saturated heterocycles. The van der Waals surface area contributed by atoms with Gasteiger partial charge in [-0.15, -0.1) is 0 Å². The van der Waals surface area contributed by atoms with Crippen LogP contribution in [0.1, 0.15) is 6.42 Å². The molecule has 0 spiro atoms. The Kier molecular flexibility index (Phi) is 0.424. The highest BCUT2D eigenvalue weighted by atomic mass is 19.1. The van der Waals surface area contributed by atoms with E-state index in [9.17, 15) is 9.50 Å². The molecule has 1 fully saturated rings. The molecule has 1 radical (unpaired) electrons. The summed E-state index contributed by atoms with van der Waals surface area (Å²) >= 11 is 0. The van der Waals surface area contributed by atoms with Gasteiger partial charge >= 0.3 is 0 Å². The molecule has 1 nitrogen and oxygen atoms in total. The summed E-state index contributed by atoms with van der Waals surface area (Å²) in [6, 6.07) is 0. The lowest BCUT2D eigenvalue weighted by atomic mass is 10.8. The van der Waals surface area contributed by atoms with Gasteiger partial charge in [0.05, 0.1) is 0 Å². The van der Waals surface area contributed by atoms with Gasteiger partial charge < -0.3 is 0 Å². The minimum Gasteiger partial charge on any atom is -0.244 e. The van der Waals surface area contributed by atoms with Crippen molar-refractivity contribution in [3.8, 4) is 0 Å². The number of alkyl halides is 1. The molecule has 29 valence electrons. The van der Waals surface area contributed by atoms with E-state index in [1.54, 1.807) is 0 Å². The molecule has 2 heteroatoms. The van der Waals surface area contributed by atoms with Crippen LogP contribution in [0.15, 0.2) is 0 Å². The summed E-state index contributed by atoms with van der Waals surface area (Å²) in [6.45, 7) is 0. The zero-order valence-corrected chi connectivity index (χ0v) is 2.65. The fraction of sp³-hybridized carbons (Fsp3) is 1.00. The second-order valence-electron chi connectivity index (χ2n) is 1.29. The molecule has 0 aromatic rings. The Morgan fingerprint density at radius 1 is 1.80 bits per heavy atom. The van der Waals surface area contributed by atoms with Crippen LogP contribution >= 0.6 is 0 Å². The Bertz CT molecular complexity index is 40.2. The van der Waals surface area contributed by atoms with E-state index in [4.69, 9.17) is 0 Å². The first-order valence-corrected chi connectivity index (χ1v) is 1.60. The second-order valence-corrected chi connectivity index (χ2v) is 1.29. The maximum absolute atomic E-state index is 11.2. The lowest BCUT2D eigenvalue weighted by Crippen LogP contribution is -1.75. The SMILES string of the molecule is [O]C1CC1F. The van der Waals surface area contributed by atoms with Gasteiger partial charge in [-0.3, -0.25) is 0 Å². The van der Waals surface area contributed by atoms with Crippen LogP contribution in [0.4, 0.5) is 4.39 Å². The standard InChI is InChI=1S/C3H4FO/c4-2-1-3(2)5/h2-3H,1H2. The van der Waals surface area contributed by atoms with Crippen LogP contribution in [0.3, 0.4) is 0 Å². The molecule has 0 aliphatic heterocycles. The molecule has 1 saturated carbocycles. The van der Waals surface area contributed by atoms with Crippen molar-refractivity contribution in [1.82, 2.24) is 0 Å². The van der Waals surface area contributed by atoms with Crippen LogP contribution in [0.25, 0.3) is 0 Å². The highest BCUT2D eigenvalue weighted by Gasteiger charge is 2.37. The van der Waals surface area contributed by atoms with E-state index in [0.717, 1.165) is 0 Å². The molecule has 0 bridgehead atoms. The lowest BCUT2D eigenvalue weighted by Gasteiger charge is -1.60. The fourth-order valence-corrected chi connectivity index (χ4v) is 0.143. The molecule has 2 unspecified atom stereocenters. The summed E-state index contributed by atoms with van der Waals surface area (Å²) in [5.41, 5.74) is 0. The topological polar surface area (TPSA) is 19.9 Å². The van der Waals surface area contributed by atoms with Gasteiger partial charge in [0.2, 0.25) is 0 Å². The second kappa shape index (κ2) is 0.684. The maximum atomic E-state index is 11.2. The van der Waals surface area contributed by atoms with Gasteiger partial charge in [-0.05, 0) is 0 Å². The van der Waals surface area contributed by atoms with Crippen molar-refractivity contribution in [2.75, 3.05) is 0 Å². The first-order chi connectivity index (χ1) is 2.30. The number of hydrogen-bond donors (Lipinski definition) is 0. The van der Waals surface area contributed by atoms with E-state index in [1.807, 2.05) is 0 Å². The largest absolute Gasteiger partial charge is 0.244 e. The number of hydrogen-bond acceptors (Lipinski definition) is 0. The number of halogens is 1. The average Bonchev–Trinajstić information content (AvgIpc) is 1.79. The van der Waals surface area contributed by atoms with Crippen molar-refractivity contribution in [3.05, 3.63) is 0 Å². The van der Waals surface area contributed by atoms with Crippen LogP contribution in [-0.2, 0) is 5.11 Å². The van der Waals surface area contributed by atoms with E-state index in [2.05, 4.69) is 0 Å². The van der Waals surface area contributed by atoms with E-state index in [1.165, 1.54) is 0 Å². The highest BCUT2D eigenvalue weighted by molar-refractivity contribution is 4.84. The molecule has 0 aromatic heterocycles. The fourth-order valence-electron chi connectivity index (χ4n) is 0.143. The molecule has 5 heavy (non-hydrogen) atoms. The molecule has 1 rings (SSSR count). The van der Waals surface area contributed by atoms with Gasteiger partial charge in [0.1, 0.15) is 12.3 Å². The van der Waals surface area contributed by atoms with Gasteiger partial charge in [0, 0.05) is 6.42 Å². The van der Waals surface area contributed by atoms with Crippen LogP contribution in [0.5, 0.6) is 0 Å². The third kappa shape index (κ3) is 0.401. The van der Waals surface area contributed by atoms with Crippen molar-refractivity contribution >= 4 is 0 Å². The molecule has 1 aliphatic carbocycles. The summed E-state index contributed by atoms with van der Waals surface area (Å²) in [7, 11) is 0. The zero-order valence-electron chi connectivity index (χ0n) is 2.65. The van der Waals surface area contributed by atoms with Crippen LogP contribution in [0.2, 0.25) is 0 Å². The molecule has 0 amide bonds. The average molecular weight is 75.1 g/mol. The minimum atomic E-state index is -1.00. The summed E-state index contributed by atoms with van der Waals surface area (Å²) < 4.78 is 11.2. The van der Waals surface area contributed by atoms with Gasteiger partial charge in [-0.25, -0.2) is 9.50 Å². The summed E-state index contributed by atoms with van der Waals surface area (Å²) in [5.74, 6) is 0. The van der Waals surface area contributed by atoms with E-state index < -0.39 is 12.3 Å². The van der Waals surface area contributed by atoms with Crippen molar-refractivity contribution in [3.63, 3.8) is 0 Å². The third-order valence-corrected chi connectivity index (χ3v) is 0.658. The third-order valence-electron chi connectivity index (χ3n) is 0.658. The maximum Gasteiger partial charge on any atom is 0.132 e. The smallest absolute Gasteiger partial charge is 0.132 e. The number of rotatable bonds is 0. The summed E-state index contributed by atoms with van der Waals surface area (Å²) in [5, 5.41) is 9.59. The van der Waals surface area contributed by atoms with E-state index >= 15 is 0 Å². The minimum absolute atomic E-state index is 0.250. The van der Waals surface area contributed by atoms with Crippen molar-refractivity contribution in [2.24, 2.45) is 0 Å². The van der Waals surface area contributed by atoms with E-state index in [-0.39, 0.29) is 6.42 Å². The zero-order chi connectivity index (χ0) is 3.86. The van der Waals surface area contributed by atoms with Crippen molar-refractivity contribution in [1.29, 1.82) is 0 Å². The van der Waals surface area contributed by atoms with Gasteiger partial charge in [-0.2, -0.15) is 0 Å². The highest BCUT2D eigenvalue weighted by Crippen LogP contribution is 2.24. The Labute approximate surface area is 29.4 Å². The first kappa shape index (κ1) is 3.09. The first-order valence-electron chi connectivity index (χ1n) is 1.60. The lowest BCUT2D eigenvalue weighted by molar-refractivity contribution is 0.149. The molecular formula is C3H4FO. The molecule has 2 atom stereocenters. The molecule has 0 N–H and O–H groups in total. The quantitative estimate of drug-likeness (QED) is 0.400. The predicted octanol–water partition coefficient (Wildman–Crippen LogP) is 0.527. The van der Waals surface area contributed by atoms with Crippen LogP contribution in [0, 0.1) is 0 Å². The Morgan fingerprint density at radius 3 is 2.00 bits per heavy atom. The Hall–Kier alpha value is -0.110. The molecular weight excluding hydrogens is 71.0 g/mol. The van der Waals surface area contributed by atoms with Crippen LogP contribution in [-0.4, -0.2) is 12.3 Å². The normalized spacial score (nSPS) is 49.2. The van der Waals surface area contributed by atoms with Crippen LogP contribution < -0.4 is 0 Å².